The molecule has 1 unspecified atom stereocenters. The number of nitrogens with zero attached hydrogens (tertiary/aromatic N) is 1. The maximum absolute atomic E-state index is 5.85. The molecule has 2 N–H and O–H groups in total. The quantitative estimate of drug-likeness (QED) is 0.596. The van der Waals surface area contributed by atoms with E-state index in [0.29, 0.717) is 12.0 Å². The van der Waals surface area contributed by atoms with Crippen molar-refractivity contribution in [2.24, 2.45) is 11.7 Å². The highest BCUT2D eigenvalue weighted by molar-refractivity contribution is 4.76. The zero-order valence-electron chi connectivity index (χ0n) is 10.8. The van der Waals surface area contributed by atoms with E-state index in [2.05, 4.69) is 25.8 Å². The van der Waals surface area contributed by atoms with E-state index in [9.17, 15) is 0 Å². The van der Waals surface area contributed by atoms with Gasteiger partial charge in [0.2, 0.25) is 0 Å². The third-order valence-corrected chi connectivity index (χ3v) is 3.19. The molecule has 0 aromatic carbocycles. The van der Waals surface area contributed by atoms with Gasteiger partial charge >= 0.3 is 0 Å². The van der Waals surface area contributed by atoms with Gasteiger partial charge in [-0.25, -0.2) is 0 Å². The van der Waals surface area contributed by atoms with Crippen LogP contribution in [0.3, 0.4) is 0 Å². The van der Waals surface area contributed by atoms with Crippen molar-refractivity contribution < 1.29 is 4.74 Å². The minimum Gasteiger partial charge on any atom is -0.380 e. The summed E-state index contributed by atoms with van der Waals surface area (Å²) in [4.78, 5) is 2.34. The molecule has 0 aromatic rings. The second-order valence-electron chi connectivity index (χ2n) is 4.06. The van der Waals surface area contributed by atoms with Crippen LogP contribution in [0.25, 0.3) is 0 Å². The Kier molecular flexibility index (Phi) is 9.06. The summed E-state index contributed by atoms with van der Waals surface area (Å²) in [5, 5.41) is 0. The number of rotatable bonds is 9. The van der Waals surface area contributed by atoms with Gasteiger partial charge in [-0.05, 0) is 19.9 Å². The van der Waals surface area contributed by atoms with Crippen LogP contribution in [0.4, 0.5) is 0 Å². The van der Waals surface area contributed by atoms with Crippen LogP contribution in [0.2, 0.25) is 0 Å². The zero-order chi connectivity index (χ0) is 11.7. The van der Waals surface area contributed by atoms with Crippen molar-refractivity contribution in [3.63, 3.8) is 0 Å². The molecule has 0 amide bonds. The maximum atomic E-state index is 5.85. The van der Waals surface area contributed by atoms with E-state index in [1.807, 2.05) is 6.92 Å². The van der Waals surface area contributed by atoms with E-state index in [1.165, 1.54) is 12.8 Å². The van der Waals surface area contributed by atoms with Crippen molar-refractivity contribution in [3.8, 4) is 0 Å². The standard InChI is InChI=1S/C12H28N2O/c1-5-11(6-2)12(10-13)14(4)8-9-15-7-3/h11-12H,5-10,13H2,1-4H3. The zero-order valence-corrected chi connectivity index (χ0v) is 10.8. The van der Waals surface area contributed by atoms with Gasteiger partial charge in [0.05, 0.1) is 6.61 Å². The molecule has 0 radical (unpaired) electrons. The van der Waals surface area contributed by atoms with Gasteiger partial charge in [0.1, 0.15) is 0 Å². The fraction of sp³-hybridized carbons (Fsp3) is 1.00. The maximum Gasteiger partial charge on any atom is 0.0593 e. The summed E-state index contributed by atoms with van der Waals surface area (Å²) >= 11 is 0. The van der Waals surface area contributed by atoms with Gasteiger partial charge in [-0.15, -0.1) is 0 Å². The molecule has 0 fully saturated rings. The lowest BCUT2D eigenvalue weighted by molar-refractivity contribution is 0.0917. The second-order valence-corrected chi connectivity index (χ2v) is 4.06. The van der Waals surface area contributed by atoms with Crippen LogP contribution in [0.5, 0.6) is 0 Å². The van der Waals surface area contributed by atoms with Crippen molar-refractivity contribution in [1.29, 1.82) is 0 Å². The highest BCUT2D eigenvalue weighted by Gasteiger charge is 2.20. The average Bonchev–Trinajstić information content (AvgIpc) is 2.25. The summed E-state index contributed by atoms with van der Waals surface area (Å²) in [6, 6.07) is 0.500. The van der Waals surface area contributed by atoms with E-state index in [0.717, 1.165) is 26.3 Å². The highest BCUT2D eigenvalue weighted by atomic mass is 16.5. The number of nitrogens with two attached hydrogens (primary N) is 1. The number of ether oxygens (including phenoxy) is 1. The summed E-state index contributed by atoms with van der Waals surface area (Å²) < 4.78 is 5.36. The molecule has 0 heterocycles. The fourth-order valence-electron chi connectivity index (χ4n) is 2.08. The average molecular weight is 216 g/mol. The van der Waals surface area contributed by atoms with E-state index in [-0.39, 0.29) is 0 Å². The molecule has 3 heteroatoms. The van der Waals surface area contributed by atoms with Gasteiger partial charge in [-0.1, -0.05) is 26.7 Å². The predicted molar refractivity (Wildman–Crippen MR) is 66.0 cm³/mol. The molecule has 3 nitrogen and oxygen atoms in total. The first-order chi connectivity index (χ1) is 7.21. The SMILES string of the molecule is CCOCCN(C)C(CN)C(CC)CC. The summed E-state index contributed by atoms with van der Waals surface area (Å²) in [5.74, 6) is 0.710. The summed E-state index contributed by atoms with van der Waals surface area (Å²) in [5.41, 5.74) is 5.85. The smallest absolute Gasteiger partial charge is 0.0593 e. The van der Waals surface area contributed by atoms with Crippen LogP contribution in [-0.2, 0) is 4.74 Å². The lowest BCUT2D eigenvalue weighted by Gasteiger charge is -2.32. The number of likely N-dealkylation sites (N-methyl/N-ethyl adjacent to an activating group) is 1. The van der Waals surface area contributed by atoms with E-state index in [4.69, 9.17) is 10.5 Å². The van der Waals surface area contributed by atoms with Gasteiger partial charge in [0.25, 0.3) is 0 Å². The molecule has 1 atom stereocenters. The summed E-state index contributed by atoms with van der Waals surface area (Å²) in [7, 11) is 2.15. The second kappa shape index (κ2) is 9.13. The van der Waals surface area contributed by atoms with E-state index >= 15 is 0 Å². The molecular formula is C12H28N2O. The fourth-order valence-corrected chi connectivity index (χ4v) is 2.08. The van der Waals surface area contributed by atoms with Crippen LogP contribution in [0, 0.1) is 5.92 Å². The largest absolute Gasteiger partial charge is 0.380 e. The molecule has 0 bridgehead atoms. The van der Waals surface area contributed by atoms with Crippen LogP contribution in [0.15, 0.2) is 0 Å². The molecule has 15 heavy (non-hydrogen) atoms. The normalized spacial score (nSPS) is 13.8. The first kappa shape index (κ1) is 14.9. The topological polar surface area (TPSA) is 38.5 Å². The monoisotopic (exact) mass is 216 g/mol. The molecule has 0 rings (SSSR count). The first-order valence-electron chi connectivity index (χ1n) is 6.19. The molecule has 0 saturated heterocycles. The van der Waals surface area contributed by atoms with Gasteiger partial charge in [0, 0.05) is 25.7 Å². The van der Waals surface area contributed by atoms with Crippen LogP contribution < -0.4 is 5.73 Å². The van der Waals surface area contributed by atoms with Crippen LogP contribution >= 0.6 is 0 Å². The third-order valence-electron chi connectivity index (χ3n) is 3.19. The Hall–Kier alpha value is -0.120. The van der Waals surface area contributed by atoms with Gasteiger partial charge in [-0.2, -0.15) is 0 Å². The molecule has 0 aliphatic rings. The predicted octanol–water partition coefficient (Wildman–Crippen LogP) is 1.72. The molecular weight excluding hydrogens is 188 g/mol. The Morgan fingerprint density at radius 3 is 2.20 bits per heavy atom. The minimum atomic E-state index is 0.500. The Morgan fingerprint density at radius 1 is 1.20 bits per heavy atom. The Bertz CT molecular complexity index is 138. The Morgan fingerprint density at radius 2 is 1.80 bits per heavy atom. The highest BCUT2D eigenvalue weighted by Crippen LogP contribution is 2.16. The van der Waals surface area contributed by atoms with Gasteiger partial charge in [-0.3, -0.25) is 4.90 Å². The lowest BCUT2D eigenvalue weighted by Crippen LogP contribution is -2.44. The molecule has 0 saturated carbocycles. The van der Waals surface area contributed by atoms with Crippen molar-refractivity contribution in [3.05, 3.63) is 0 Å². The van der Waals surface area contributed by atoms with Crippen molar-refractivity contribution in [2.45, 2.75) is 39.7 Å². The number of hydrogen-bond acceptors (Lipinski definition) is 3. The molecule has 0 aliphatic carbocycles. The minimum absolute atomic E-state index is 0.500. The summed E-state index contributed by atoms with van der Waals surface area (Å²) in [6.07, 6.45) is 2.41. The van der Waals surface area contributed by atoms with Gasteiger partial charge < -0.3 is 10.5 Å². The molecule has 0 spiro atoms. The van der Waals surface area contributed by atoms with Crippen molar-refractivity contribution >= 4 is 0 Å². The molecule has 0 aliphatic heterocycles. The van der Waals surface area contributed by atoms with Gasteiger partial charge in [0.15, 0.2) is 0 Å². The third kappa shape index (κ3) is 5.50. The Balaban J connectivity index is 4.01. The van der Waals surface area contributed by atoms with E-state index in [1.54, 1.807) is 0 Å². The Labute approximate surface area is 95.0 Å². The number of hydrogen-bond donors (Lipinski definition) is 1. The molecule has 0 aromatic heterocycles. The van der Waals surface area contributed by atoms with E-state index < -0.39 is 0 Å². The van der Waals surface area contributed by atoms with Crippen LogP contribution in [-0.4, -0.2) is 44.3 Å². The molecule has 92 valence electrons. The first-order valence-corrected chi connectivity index (χ1v) is 6.19. The lowest BCUT2D eigenvalue weighted by atomic mass is 9.93. The van der Waals surface area contributed by atoms with Crippen molar-refractivity contribution in [1.82, 2.24) is 4.90 Å². The van der Waals surface area contributed by atoms with Crippen LogP contribution in [0.1, 0.15) is 33.6 Å². The summed E-state index contributed by atoms with van der Waals surface area (Å²) in [6.45, 7) is 9.85. The van der Waals surface area contributed by atoms with Crippen molar-refractivity contribution in [2.75, 3.05) is 33.4 Å².